The summed E-state index contributed by atoms with van der Waals surface area (Å²) in [5, 5.41) is 0. The quantitative estimate of drug-likeness (QED) is 0.0262. The number of esters is 3. The smallest absolute Gasteiger partial charge is 0.306 e. The zero-order valence-corrected chi connectivity index (χ0v) is 43.1. The fourth-order valence-electron chi connectivity index (χ4n) is 8.42. The molecule has 0 aromatic heterocycles. The summed E-state index contributed by atoms with van der Waals surface area (Å²) >= 11 is 0. The largest absolute Gasteiger partial charge is 0.462 e. The van der Waals surface area contributed by atoms with Gasteiger partial charge in [0.2, 0.25) is 0 Å². The molecule has 6 nitrogen and oxygen atoms in total. The number of allylic oxidation sites excluding steroid dienone is 4. The highest BCUT2D eigenvalue weighted by atomic mass is 16.6. The Hall–Kier alpha value is -2.11. The van der Waals surface area contributed by atoms with Crippen LogP contribution in [-0.2, 0) is 28.6 Å². The second kappa shape index (κ2) is 53.5. The average Bonchev–Trinajstić information content (AvgIpc) is 3.29. The Bertz CT molecular complexity index is 1040. The van der Waals surface area contributed by atoms with Gasteiger partial charge in [-0.3, -0.25) is 14.4 Å². The summed E-state index contributed by atoms with van der Waals surface area (Å²) in [6, 6.07) is 0. The third-order valence-electron chi connectivity index (χ3n) is 12.7. The van der Waals surface area contributed by atoms with Crippen molar-refractivity contribution in [2.75, 3.05) is 13.2 Å². The number of hydrogen-bond donors (Lipinski definition) is 0. The number of ether oxygens (including phenoxy) is 3. The van der Waals surface area contributed by atoms with Crippen LogP contribution in [0.4, 0.5) is 0 Å². The molecule has 0 fully saturated rings. The van der Waals surface area contributed by atoms with E-state index in [4.69, 9.17) is 14.2 Å². The molecule has 0 aromatic carbocycles. The molecule has 0 aliphatic heterocycles. The van der Waals surface area contributed by atoms with Gasteiger partial charge in [-0.05, 0) is 51.4 Å². The van der Waals surface area contributed by atoms with E-state index >= 15 is 0 Å². The van der Waals surface area contributed by atoms with Gasteiger partial charge < -0.3 is 14.2 Å². The van der Waals surface area contributed by atoms with Crippen LogP contribution in [0, 0.1) is 0 Å². The van der Waals surface area contributed by atoms with Crippen molar-refractivity contribution in [3.63, 3.8) is 0 Å². The van der Waals surface area contributed by atoms with Gasteiger partial charge in [0.05, 0.1) is 0 Å². The van der Waals surface area contributed by atoms with E-state index < -0.39 is 6.10 Å². The molecule has 0 N–H and O–H groups in total. The number of unbranched alkanes of at least 4 members (excludes halogenated alkanes) is 37. The molecule has 64 heavy (non-hydrogen) atoms. The van der Waals surface area contributed by atoms with E-state index in [9.17, 15) is 14.4 Å². The zero-order valence-electron chi connectivity index (χ0n) is 43.1. The summed E-state index contributed by atoms with van der Waals surface area (Å²) in [5.74, 6) is -0.866. The molecule has 0 heterocycles. The highest BCUT2D eigenvalue weighted by Crippen LogP contribution is 2.17. The van der Waals surface area contributed by atoms with Crippen molar-refractivity contribution >= 4 is 17.9 Å². The van der Waals surface area contributed by atoms with Gasteiger partial charge in [0.25, 0.3) is 0 Å². The van der Waals surface area contributed by atoms with Crippen molar-refractivity contribution in [3.8, 4) is 0 Å². The first-order valence-electron chi connectivity index (χ1n) is 28.3. The number of carbonyl (C=O) groups is 3. The number of rotatable bonds is 52. The first kappa shape index (κ1) is 61.9. The number of carbonyl (C=O) groups excluding carboxylic acids is 3. The molecule has 0 aliphatic rings. The SMILES string of the molecule is CCCCCC/C=C\C/C=C\CCCCCCCC(=O)OC(COC(=O)CCCCCCCCCCCCCC)COC(=O)CCCCCCCCCCCCCCCCCCCC. The molecule has 0 aliphatic carbocycles. The van der Waals surface area contributed by atoms with E-state index in [0.29, 0.717) is 19.3 Å². The van der Waals surface area contributed by atoms with Crippen LogP contribution in [0.1, 0.15) is 310 Å². The second-order valence-electron chi connectivity index (χ2n) is 19.2. The van der Waals surface area contributed by atoms with E-state index in [-0.39, 0.29) is 31.1 Å². The van der Waals surface area contributed by atoms with Gasteiger partial charge in [0.1, 0.15) is 13.2 Å². The van der Waals surface area contributed by atoms with Crippen molar-refractivity contribution in [2.45, 2.75) is 316 Å². The van der Waals surface area contributed by atoms with Crippen molar-refractivity contribution in [1.29, 1.82) is 0 Å². The Morgan fingerprint density at radius 3 is 0.875 bits per heavy atom. The molecule has 6 heteroatoms. The average molecular weight is 901 g/mol. The molecular weight excluding hydrogens is 793 g/mol. The van der Waals surface area contributed by atoms with Gasteiger partial charge in [0, 0.05) is 19.3 Å². The lowest BCUT2D eigenvalue weighted by molar-refractivity contribution is -0.167. The summed E-state index contributed by atoms with van der Waals surface area (Å²) in [4.78, 5) is 38.1. The summed E-state index contributed by atoms with van der Waals surface area (Å²) in [6.45, 7) is 6.65. The van der Waals surface area contributed by atoms with Crippen LogP contribution in [0.2, 0.25) is 0 Å². The van der Waals surface area contributed by atoms with Crippen LogP contribution in [0.15, 0.2) is 24.3 Å². The van der Waals surface area contributed by atoms with E-state index in [0.717, 1.165) is 77.0 Å². The molecule has 0 saturated heterocycles. The van der Waals surface area contributed by atoms with Crippen LogP contribution in [0.5, 0.6) is 0 Å². The molecule has 0 bridgehead atoms. The lowest BCUT2D eigenvalue weighted by Gasteiger charge is -2.18. The van der Waals surface area contributed by atoms with Crippen LogP contribution < -0.4 is 0 Å². The predicted molar refractivity (Wildman–Crippen MR) is 275 cm³/mol. The van der Waals surface area contributed by atoms with E-state index in [1.54, 1.807) is 0 Å². The van der Waals surface area contributed by atoms with E-state index in [1.165, 1.54) is 193 Å². The zero-order chi connectivity index (χ0) is 46.5. The monoisotopic (exact) mass is 901 g/mol. The minimum Gasteiger partial charge on any atom is -0.462 e. The Balaban J connectivity index is 4.32. The molecule has 0 rings (SSSR count). The molecule has 1 atom stereocenters. The van der Waals surface area contributed by atoms with Gasteiger partial charge in [-0.25, -0.2) is 0 Å². The summed E-state index contributed by atoms with van der Waals surface area (Å²) < 4.78 is 16.8. The maximum atomic E-state index is 12.8. The minimum atomic E-state index is -0.773. The second-order valence-corrected chi connectivity index (χ2v) is 19.2. The van der Waals surface area contributed by atoms with Gasteiger partial charge >= 0.3 is 17.9 Å². The molecule has 0 amide bonds. The summed E-state index contributed by atoms with van der Waals surface area (Å²) in [6.07, 6.45) is 61.6. The van der Waals surface area contributed by atoms with E-state index in [2.05, 4.69) is 45.1 Å². The molecule has 1 unspecified atom stereocenters. The van der Waals surface area contributed by atoms with E-state index in [1.807, 2.05) is 0 Å². The fourth-order valence-corrected chi connectivity index (χ4v) is 8.42. The van der Waals surface area contributed by atoms with Crippen LogP contribution in [0.3, 0.4) is 0 Å². The first-order chi connectivity index (χ1) is 31.5. The highest BCUT2D eigenvalue weighted by Gasteiger charge is 2.19. The third-order valence-corrected chi connectivity index (χ3v) is 12.7. The lowest BCUT2D eigenvalue weighted by atomic mass is 10.0. The Labute approximate surface area is 398 Å². The molecule has 0 saturated carbocycles. The predicted octanol–water partition coefficient (Wildman–Crippen LogP) is 18.7. The van der Waals surface area contributed by atoms with Gasteiger partial charge in [-0.15, -0.1) is 0 Å². The van der Waals surface area contributed by atoms with Crippen molar-refractivity contribution in [3.05, 3.63) is 24.3 Å². The first-order valence-corrected chi connectivity index (χ1v) is 28.3. The molecular formula is C58H108O6. The van der Waals surface area contributed by atoms with Crippen molar-refractivity contribution < 1.29 is 28.6 Å². The topological polar surface area (TPSA) is 78.9 Å². The number of hydrogen-bond acceptors (Lipinski definition) is 6. The molecule has 0 aromatic rings. The maximum Gasteiger partial charge on any atom is 0.306 e. The Morgan fingerprint density at radius 1 is 0.312 bits per heavy atom. The van der Waals surface area contributed by atoms with Crippen LogP contribution in [0.25, 0.3) is 0 Å². The standard InChI is InChI=1S/C58H108O6/c1-4-7-10-13-16-19-22-25-27-29-30-32-33-36-39-42-45-48-51-57(60)63-54-55(53-62-56(59)50-47-44-41-38-35-24-21-18-15-12-9-6-3)64-58(61)52-49-46-43-40-37-34-31-28-26-23-20-17-14-11-8-5-2/h20,23,28,31,55H,4-19,21-22,24-27,29-30,32-54H2,1-3H3/b23-20-,31-28-. The fraction of sp³-hybridized carbons (Fsp3) is 0.879. The Morgan fingerprint density at radius 2 is 0.562 bits per heavy atom. The summed E-state index contributed by atoms with van der Waals surface area (Å²) in [7, 11) is 0. The molecule has 0 radical (unpaired) electrons. The molecule has 376 valence electrons. The minimum absolute atomic E-state index is 0.0717. The third kappa shape index (κ3) is 50.9. The maximum absolute atomic E-state index is 12.8. The van der Waals surface area contributed by atoms with Crippen molar-refractivity contribution in [1.82, 2.24) is 0 Å². The van der Waals surface area contributed by atoms with Crippen LogP contribution in [-0.4, -0.2) is 37.2 Å². The van der Waals surface area contributed by atoms with Crippen molar-refractivity contribution in [2.24, 2.45) is 0 Å². The normalized spacial score (nSPS) is 12.1. The van der Waals surface area contributed by atoms with Gasteiger partial charge in [0.15, 0.2) is 6.10 Å². The lowest BCUT2D eigenvalue weighted by Crippen LogP contribution is -2.30. The highest BCUT2D eigenvalue weighted by molar-refractivity contribution is 5.71. The van der Waals surface area contributed by atoms with Gasteiger partial charge in [-0.1, -0.05) is 263 Å². The Kier molecular flexibility index (Phi) is 51.7. The van der Waals surface area contributed by atoms with Gasteiger partial charge in [-0.2, -0.15) is 0 Å². The van der Waals surface area contributed by atoms with Crippen LogP contribution >= 0.6 is 0 Å². The summed E-state index contributed by atoms with van der Waals surface area (Å²) in [5.41, 5.74) is 0. The molecule has 0 spiro atoms.